The van der Waals surface area contributed by atoms with Crippen LogP contribution >= 0.6 is 11.6 Å². The van der Waals surface area contributed by atoms with Crippen molar-refractivity contribution in [2.24, 2.45) is 0 Å². The van der Waals surface area contributed by atoms with Crippen molar-refractivity contribution in [2.75, 3.05) is 32.8 Å². The number of pyridine rings is 1. The number of hydrogen-bond donors (Lipinski definition) is 1. The number of furan rings is 1. The standard InChI is InChI=1S/C16H20ClN3O4S/c1-12-2-4-15(24-12)14(20-6-8-23-9-7-20)11-19-25(21,22)13-3-5-16(17)18-10-13/h2-5,10,14,19H,6-9,11H2,1H3. The van der Waals surface area contributed by atoms with Crippen LogP contribution in [0.1, 0.15) is 17.6 Å². The van der Waals surface area contributed by atoms with Crippen LogP contribution in [0.4, 0.5) is 0 Å². The first-order chi connectivity index (χ1) is 12.0. The van der Waals surface area contributed by atoms with Crippen molar-refractivity contribution in [1.29, 1.82) is 0 Å². The molecule has 136 valence electrons. The molecule has 9 heteroatoms. The van der Waals surface area contributed by atoms with Gasteiger partial charge < -0.3 is 9.15 Å². The SMILES string of the molecule is Cc1ccc(C(CNS(=O)(=O)c2ccc(Cl)nc2)N2CCOCC2)o1. The number of aryl methyl sites for hydroxylation is 1. The van der Waals surface area contributed by atoms with Crippen LogP contribution in [-0.2, 0) is 14.8 Å². The molecular weight excluding hydrogens is 366 g/mol. The van der Waals surface area contributed by atoms with Crippen LogP contribution in [0.2, 0.25) is 5.15 Å². The van der Waals surface area contributed by atoms with Gasteiger partial charge >= 0.3 is 0 Å². The molecule has 1 N–H and O–H groups in total. The Kier molecular flexibility index (Phi) is 5.75. The van der Waals surface area contributed by atoms with E-state index in [2.05, 4.69) is 14.6 Å². The highest BCUT2D eigenvalue weighted by molar-refractivity contribution is 7.89. The average molecular weight is 386 g/mol. The molecule has 0 amide bonds. The topological polar surface area (TPSA) is 84.7 Å². The lowest BCUT2D eigenvalue weighted by atomic mass is 10.2. The zero-order valence-electron chi connectivity index (χ0n) is 13.8. The number of rotatable bonds is 6. The minimum Gasteiger partial charge on any atom is -0.465 e. The summed E-state index contributed by atoms with van der Waals surface area (Å²) in [5.74, 6) is 1.52. The number of nitrogens with zero attached hydrogens (tertiary/aromatic N) is 2. The lowest BCUT2D eigenvalue weighted by Crippen LogP contribution is -2.43. The average Bonchev–Trinajstić information content (AvgIpc) is 3.02. The highest BCUT2D eigenvalue weighted by atomic mass is 35.5. The summed E-state index contributed by atoms with van der Waals surface area (Å²) < 4.78 is 38.8. The van der Waals surface area contributed by atoms with Gasteiger partial charge in [0.05, 0.1) is 19.3 Å². The molecule has 1 aliphatic rings. The Bertz CT molecular complexity index is 801. The second kappa shape index (κ2) is 7.84. The lowest BCUT2D eigenvalue weighted by molar-refractivity contribution is 0.0127. The van der Waals surface area contributed by atoms with Crippen LogP contribution in [0.25, 0.3) is 0 Å². The second-order valence-corrected chi connectivity index (χ2v) is 7.94. The molecule has 0 saturated carbocycles. The van der Waals surface area contributed by atoms with Crippen LogP contribution in [0.3, 0.4) is 0 Å². The van der Waals surface area contributed by atoms with Gasteiger partial charge in [-0.3, -0.25) is 4.90 Å². The monoisotopic (exact) mass is 385 g/mol. The molecule has 1 aliphatic heterocycles. The number of morpholine rings is 1. The van der Waals surface area contributed by atoms with Gasteiger partial charge in [0.25, 0.3) is 0 Å². The maximum Gasteiger partial charge on any atom is 0.242 e. The maximum atomic E-state index is 12.5. The molecule has 25 heavy (non-hydrogen) atoms. The fraction of sp³-hybridized carbons (Fsp3) is 0.438. The number of sulfonamides is 1. The van der Waals surface area contributed by atoms with Crippen molar-refractivity contribution < 1.29 is 17.6 Å². The van der Waals surface area contributed by atoms with E-state index in [1.807, 2.05) is 19.1 Å². The molecule has 1 fully saturated rings. The number of hydrogen-bond acceptors (Lipinski definition) is 6. The van der Waals surface area contributed by atoms with Crippen LogP contribution < -0.4 is 4.72 Å². The van der Waals surface area contributed by atoms with E-state index in [4.69, 9.17) is 20.8 Å². The third-order valence-electron chi connectivity index (χ3n) is 4.05. The van der Waals surface area contributed by atoms with E-state index in [0.717, 1.165) is 11.5 Å². The molecule has 7 nitrogen and oxygen atoms in total. The first kappa shape index (κ1) is 18.3. The molecule has 1 atom stereocenters. The molecule has 1 unspecified atom stereocenters. The van der Waals surface area contributed by atoms with Crippen molar-refractivity contribution in [1.82, 2.24) is 14.6 Å². The summed E-state index contributed by atoms with van der Waals surface area (Å²) in [6, 6.07) is 6.44. The first-order valence-corrected chi connectivity index (χ1v) is 9.81. The molecule has 0 bridgehead atoms. The predicted octanol–water partition coefficient (Wildman–Crippen LogP) is 1.99. The molecule has 1 saturated heterocycles. The van der Waals surface area contributed by atoms with Crippen molar-refractivity contribution in [3.05, 3.63) is 47.1 Å². The third-order valence-corrected chi connectivity index (χ3v) is 5.69. The van der Waals surface area contributed by atoms with E-state index in [-0.39, 0.29) is 22.6 Å². The zero-order chi connectivity index (χ0) is 17.9. The Morgan fingerprint density at radius 3 is 2.64 bits per heavy atom. The highest BCUT2D eigenvalue weighted by Crippen LogP contribution is 2.24. The fourth-order valence-electron chi connectivity index (χ4n) is 2.72. The molecular formula is C16H20ClN3O4S. The fourth-order valence-corrected chi connectivity index (χ4v) is 3.82. The zero-order valence-corrected chi connectivity index (χ0v) is 15.4. The van der Waals surface area contributed by atoms with E-state index in [0.29, 0.717) is 26.3 Å². The number of ether oxygens (including phenoxy) is 1. The lowest BCUT2D eigenvalue weighted by Gasteiger charge is -2.33. The summed E-state index contributed by atoms with van der Waals surface area (Å²) >= 11 is 5.72. The maximum absolute atomic E-state index is 12.5. The van der Waals surface area contributed by atoms with E-state index >= 15 is 0 Å². The van der Waals surface area contributed by atoms with E-state index in [9.17, 15) is 8.42 Å². The summed E-state index contributed by atoms with van der Waals surface area (Å²) in [5.41, 5.74) is 0. The summed E-state index contributed by atoms with van der Waals surface area (Å²) in [6.07, 6.45) is 1.24. The van der Waals surface area contributed by atoms with Gasteiger partial charge in [0, 0.05) is 25.8 Å². The van der Waals surface area contributed by atoms with E-state index < -0.39 is 10.0 Å². The van der Waals surface area contributed by atoms with Crippen molar-refractivity contribution in [3.63, 3.8) is 0 Å². The molecule has 2 aromatic rings. The summed E-state index contributed by atoms with van der Waals surface area (Å²) in [6.45, 7) is 4.72. The molecule has 3 rings (SSSR count). The van der Waals surface area contributed by atoms with Gasteiger partial charge in [-0.1, -0.05) is 11.6 Å². The summed E-state index contributed by atoms with van der Waals surface area (Å²) in [4.78, 5) is 6.06. The van der Waals surface area contributed by atoms with Gasteiger partial charge in [-0.2, -0.15) is 0 Å². The van der Waals surface area contributed by atoms with Crippen LogP contribution in [0.15, 0.2) is 39.8 Å². The van der Waals surface area contributed by atoms with E-state index in [1.54, 1.807) is 0 Å². The minimum atomic E-state index is -3.68. The molecule has 0 aliphatic carbocycles. The normalized spacial score (nSPS) is 17.5. The number of halogens is 1. The van der Waals surface area contributed by atoms with Crippen LogP contribution in [0.5, 0.6) is 0 Å². The van der Waals surface area contributed by atoms with E-state index in [1.165, 1.54) is 18.3 Å². The summed E-state index contributed by atoms with van der Waals surface area (Å²) in [7, 11) is -3.68. The Labute approximate surface area is 152 Å². The number of aromatic nitrogens is 1. The largest absolute Gasteiger partial charge is 0.465 e. The molecule has 2 aromatic heterocycles. The molecule has 3 heterocycles. The number of nitrogens with one attached hydrogen (secondary N) is 1. The van der Waals surface area contributed by atoms with Crippen LogP contribution in [-0.4, -0.2) is 51.1 Å². The quantitative estimate of drug-likeness (QED) is 0.765. The highest BCUT2D eigenvalue weighted by Gasteiger charge is 2.27. The van der Waals surface area contributed by atoms with Gasteiger partial charge in [-0.25, -0.2) is 18.1 Å². The van der Waals surface area contributed by atoms with Crippen molar-refractivity contribution in [2.45, 2.75) is 17.9 Å². The molecule has 0 radical (unpaired) electrons. The van der Waals surface area contributed by atoms with Gasteiger partial charge in [0.2, 0.25) is 10.0 Å². The van der Waals surface area contributed by atoms with Gasteiger partial charge in [0.1, 0.15) is 21.6 Å². The van der Waals surface area contributed by atoms with Crippen molar-refractivity contribution in [3.8, 4) is 0 Å². The predicted molar refractivity (Wildman–Crippen MR) is 93.0 cm³/mol. The Balaban J connectivity index is 1.76. The van der Waals surface area contributed by atoms with Crippen LogP contribution in [0, 0.1) is 6.92 Å². The second-order valence-electron chi connectivity index (χ2n) is 5.78. The van der Waals surface area contributed by atoms with Gasteiger partial charge in [0.15, 0.2) is 0 Å². The minimum absolute atomic E-state index is 0.0771. The Morgan fingerprint density at radius 1 is 1.28 bits per heavy atom. The van der Waals surface area contributed by atoms with Gasteiger partial charge in [-0.05, 0) is 31.2 Å². The smallest absolute Gasteiger partial charge is 0.242 e. The third kappa shape index (κ3) is 4.59. The molecule has 0 aromatic carbocycles. The summed E-state index contributed by atoms with van der Waals surface area (Å²) in [5, 5.41) is 0.246. The Morgan fingerprint density at radius 2 is 2.04 bits per heavy atom. The Hall–Kier alpha value is -1.45. The van der Waals surface area contributed by atoms with Gasteiger partial charge in [-0.15, -0.1) is 0 Å². The van der Waals surface area contributed by atoms with Crippen molar-refractivity contribution >= 4 is 21.6 Å². The first-order valence-electron chi connectivity index (χ1n) is 7.95. The molecule has 0 spiro atoms.